The molecule has 0 spiro atoms. The van der Waals surface area contributed by atoms with Crippen molar-refractivity contribution in [2.45, 2.75) is 12.3 Å². The molecule has 3 nitrogen and oxygen atoms in total. The Hall–Kier alpha value is -1.22. The Labute approximate surface area is 93.4 Å². The molecular weight excluding hydrogens is 214 g/mol. The van der Waals surface area contributed by atoms with Gasteiger partial charge in [-0.25, -0.2) is 0 Å². The second-order valence-corrected chi connectivity index (χ2v) is 4.13. The van der Waals surface area contributed by atoms with Crippen molar-refractivity contribution >= 4 is 17.5 Å². The molecule has 1 aliphatic rings. The van der Waals surface area contributed by atoms with Crippen LogP contribution in [-0.4, -0.2) is 19.1 Å². The Morgan fingerprint density at radius 1 is 1.53 bits per heavy atom. The van der Waals surface area contributed by atoms with Gasteiger partial charge in [0.25, 0.3) is 5.91 Å². The number of carbonyl (C=O) groups excluding carboxylic acids is 1. The first-order valence-electron chi connectivity index (χ1n) is 4.87. The number of carbonyl (C=O) groups is 1. The second-order valence-electron chi connectivity index (χ2n) is 3.48. The zero-order chi connectivity index (χ0) is 10.8. The molecule has 0 saturated carbocycles. The standard InChI is InChI=1S/C11H12ClNO2/c1-7(12)8-2-3-10-9(6-8)11(14)13-4-5-15-10/h2-3,6-7H,4-5H2,1H3,(H,13,14). The lowest BCUT2D eigenvalue weighted by atomic mass is 10.1. The van der Waals surface area contributed by atoms with E-state index in [0.29, 0.717) is 24.5 Å². The fraction of sp³-hybridized carbons (Fsp3) is 0.364. The van der Waals surface area contributed by atoms with Crippen molar-refractivity contribution in [2.75, 3.05) is 13.2 Å². The molecule has 1 unspecified atom stereocenters. The number of hydrogen-bond donors (Lipinski definition) is 1. The van der Waals surface area contributed by atoms with Crippen LogP contribution in [0.25, 0.3) is 0 Å². The van der Waals surface area contributed by atoms with Gasteiger partial charge in [0.15, 0.2) is 0 Å². The molecular formula is C11H12ClNO2. The highest BCUT2D eigenvalue weighted by Gasteiger charge is 2.17. The third kappa shape index (κ3) is 2.07. The van der Waals surface area contributed by atoms with Gasteiger partial charge >= 0.3 is 0 Å². The van der Waals surface area contributed by atoms with Crippen molar-refractivity contribution in [3.63, 3.8) is 0 Å². The van der Waals surface area contributed by atoms with Crippen LogP contribution in [0, 0.1) is 0 Å². The number of ether oxygens (including phenoxy) is 1. The second kappa shape index (κ2) is 4.11. The van der Waals surface area contributed by atoms with Gasteiger partial charge in [0, 0.05) is 0 Å². The predicted molar refractivity (Wildman–Crippen MR) is 58.5 cm³/mol. The summed E-state index contributed by atoms with van der Waals surface area (Å²) >= 11 is 5.96. The molecule has 15 heavy (non-hydrogen) atoms. The van der Waals surface area contributed by atoms with Crippen LogP contribution in [0.4, 0.5) is 0 Å². The van der Waals surface area contributed by atoms with Crippen molar-refractivity contribution in [1.29, 1.82) is 0 Å². The lowest BCUT2D eigenvalue weighted by molar-refractivity contribution is 0.0957. The summed E-state index contributed by atoms with van der Waals surface area (Å²) in [7, 11) is 0. The summed E-state index contributed by atoms with van der Waals surface area (Å²) < 4.78 is 5.43. The maximum absolute atomic E-state index is 11.6. The molecule has 80 valence electrons. The van der Waals surface area contributed by atoms with E-state index in [1.807, 2.05) is 13.0 Å². The molecule has 0 bridgehead atoms. The summed E-state index contributed by atoms with van der Waals surface area (Å²) in [5.74, 6) is 0.535. The van der Waals surface area contributed by atoms with E-state index in [1.165, 1.54) is 0 Å². The number of halogens is 1. The monoisotopic (exact) mass is 225 g/mol. The molecule has 1 aliphatic heterocycles. The van der Waals surface area contributed by atoms with Gasteiger partial charge in [-0.2, -0.15) is 0 Å². The minimum Gasteiger partial charge on any atom is -0.491 e. The first kappa shape index (κ1) is 10.3. The number of rotatable bonds is 1. The lowest BCUT2D eigenvalue weighted by Gasteiger charge is -2.08. The lowest BCUT2D eigenvalue weighted by Crippen LogP contribution is -2.24. The summed E-state index contributed by atoms with van der Waals surface area (Å²) in [4.78, 5) is 11.6. The maximum atomic E-state index is 11.6. The largest absolute Gasteiger partial charge is 0.491 e. The normalized spacial score (nSPS) is 17.1. The third-order valence-corrected chi connectivity index (χ3v) is 2.60. The summed E-state index contributed by atoms with van der Waals surface area (Å²) in [6, 6.07) is 5.47. The zero-order valence-electron chi connectivity index (χ0n) is 8.42. The highest BCUT2D eigenvalue weighted by atomic mass is 35.5. The molecule has 1 aromatic carbocycles. The Balaban J connectivity index is 2.44. The molecule has 4 heteroatoms. The molecule has 0 fully saturated rings. The van der Waals surface area contributed by atoms with Gasteiger partial charge in [-0.15, -0.1) is 11.6 Å². The molecule has 2 rings (SSSR count). The fourth-order valence-corrected chi connectivity index (χ4v) is 1.65. The van der Waals surface area contributed by atoms with Gasteiger partial charge in [0.1, 0.15) is 12.4 Å². The van der Waals surface area contributed by atoms with Crippen LogP contribution in [0.1, 0.15) is 28.2 Å². The Bertz CT molecular complexity index is 390. The third-order valence-electron chi connectivity index (χ3n) is 2.35. The van der Waals surface area contributed by atoms with Gasteiger partial charge in [-0.3, -0.25) is 4.79 Å². The SMILES string of the molecule is CC(Cl)c1ccc2c(c1)C(=O)NCCO2. The summed E-state index contributed by atoms with van der Waals surface area (Å²) in [6.45, 7) is 2.92. The van der Waals surface area contributed by atoms with Crippen LogP contribution in [0.5, 0.6) is 5.75 Å². The Morgan fingerprint density at radius 2 is 2.33 bits per heavy atom. The molecule has 0 saturated heterocycles. The van der Waals surface area contributed by atoms with E-state index in [9.17, 15) is 4.79 Å². The molecule has 0 radical (unpaired) electrons. The summed E-state index contributed by atoms with van der Waals surface area (Å²) in [5.41, 5.74) is 1.49. The highest BCUT2D eigenvalue weighted by molar-refractivity contribution is 6.20. The van der Waals surface area contributed by atoms with Gasteiger partial charge in [-0.05, 0) is 24.6 Å². The van der Waals surface area contributed by atoms with Gasteiger partial charge in [0.05, 0.1) is 17.5 Å². The van der Waals surface area contributed by atoms with Gasteiger partial charge in [-0.1, -0.05) is 6.07 Å². The number of amides is 1. The molecule has 1 heterocycles. The van der Waals surface area contributed by atoms with Crippen LogP contribution < -0.4 is 10.1 Å². The van der Waals surface area contributed by atoms with Crippen LogP contribution in [0.2, 0.25) is 0 Å². The average molecular weight is 226 g/mol. The number of hydrogen-bond acceptors (Lipinski definition) is 2. The smallest absolute Gasteiger partial charge is 0.255 e. The number of nitrogens with one attached hydrogen (secondary N) is 1. The average Bonchev–Trinajstić information content (AvgIpc) is 2.40. The van der Waals surface area contributed by atoms with Gasteiger partial charge in [0.2, 0.25) is 0 Å². The van der Waals surface area contributed by atoms with Gasteiger partial charge < -0.3 is 10.1 Å². The minimum absolute atomic E-state index is 0.0957. The van der Waals surface area contributed by atoms with Crippen molar-refractivity contribution in [1.82, 2.24) is 5.32 Å². The van der Waals surface area contributed by atoms with E-state index in [1.54, 1.807) is 12.1 Å². The molecule has 0 aliphatic carbocycles. The van der Waals surface area contributed by atoms with Crippen LogP contribution in [-0.2, 0) is 0 Å². The molecule has 0 aromatic heterocycles. The first-order chi connectivity index (χ1) is 7.18. The van der Waals surface area contributed by atoms with Crippen LogP contribution >= 0.6 is 11.6 Å². The molecule has 1 N–H and O–H groups in total. The minimum atomic E-state index is -0.105. The van der Waals surface area contributed by atoms with Crippen LogP contribution in [0.3, 0.4) is 0 Å². The van der Waals surface area contributed by atoms with E-state index in [4.69, 9.17) is 16.3 Å². The zero-order valence-corrected chi connectivity index (χ0v) is 9.17. The Kier molecular flexibility index (Phi) is 2.82. The summed E-state index contributed by atoms with van der Waals surface area (Å²) in [5, 5.41) is 2.65. The highest BCUT2D eigenvalue weighted by Crippen LogP contribution is 2.27. The topological polar surface area (TPSA) is 38.3 Å². The van der Waals surface area contributed by atoms with E-state index < -0.39 is 0 Å². The van der Waals surface area contributed by atoms with E-state index in [-0.39, 0.29) is 11.3 Å². The molecule has 1 aromatic rings. The maximum Gasteiger partial charge on any atom is 0.255 e. The van der Waals surface area contributed by atoms with Crippen molar-refractivity contribution < 1.29 is 9.53 Å². The van der Waals surface area contributed by atoms with E-state index in [0.717, 1.165) is 5.56 Å². The van der Waals surface area contributed by atoms with Crippen molar-refractivity contribution in [2.24, 2.45) is 0 Å². The molecule has 1 amide bonds. The summed E-state index contributed by atoms with van der Waals surface area (Å²) in [6.07, 6.45) is 0. The number of fused-ring (bicyclic) bond motifs is 1. The molecule has 1 atom stereocenters. The van der Waals surface area contributed by atoms with Crippen LogP contribution in [0.15, 0.2) is 18.2 Å². The van der Waals surface area contributed by atoms with E-state index in [2.05, 4.69) is 5.32 Å². The van der Waals surface area contributed by atoms with Crippen molar-refractivity contribution in [3.8, 4) is 5.75 Å². The number of benzene rings is 1. The fourth-order valence-electron chi connectivity index (χ4n) is 1.52. The predicted octanol–water partition coefficient (Wildman–Crippen LogP) is 2.11. The van der Waals surface area contributed by atoms with Crippen molar-refractivity contribution in [3.05, 3.63) is 29.3 Å². The van der Waals surface area contributed by atoms with E-state index >= 15 is 0 Å². The quantitative estimate of drug-likeness (QED) is 0.744. The first-order valence-corrected chi connectivity index (χ1v) is 5.31. The number of alkyl halides is 1. The Morgan fingerprint density at radius 3 is 3.07 bits per heavy atom.